The SMILES string of the molecule is CCCC[C@H](NC(=O)c1nc2ncc(Br)cn2n1)C(=O)O. The van der Waals surface area contributed by atoms with E-state index in [-0.39, 0.29) is 11.6 Å². The quantitative estimate of drug-likeness (QED) is 0.807. The summed E-state index contributed by atoms with van der Waals surface area (Å²) < 4.78 is 2.04. The van der Waals surface area contributed by atoms with E-state index in [1.54, 1.807) is 6.20 Å². The minimum Gasteiger partial charge on any atom is -0.480 e. The van der Waals surface area contributed by atoms with Gasteiger partial charge >= 0.3 is 5.97 Å². The first-order valence-corrected chi connectivity index (χ1v) is 7.22. The molecule has 2 aromatic heterocycles. The van der Waals surface area contributed by atoms with E-state index in [2.05, 4.69) is 36.3 Å². The van der Waals surface area contributed by atoms with Crippen molar-refractivity contribution in [3.8, 4) is 0 Å². The Labute approximate surface area is 128 Å². The Bertz CT molecular complexity index is 672. The van der Waals surface area contributed by atoms with Crippen molar-refractivity contribution in [2.45, 2.75) is 32.2 Å². The number of hydrogen-bond donors (Lipinski definition) is 2. The maximum absolute atomic E-state index is 12.0. The normalized spacial score (nSPS) is 12.3. The van der Waals surface area contributed by atoms with Gasteiger partial charge in [0.05, 0.1) is 4.47 Å². The van der Waals surface area contributed by atoms with Gasteiger partial charge in [-0.15, -0.1) is 5.10 Å². The van der Waals surface area contributed by atoms with Gasteiger partial charge in [-0.05, 0) is 22.4 Å². The molecule has 1 amide bonds. The van der Waals surface area contributed by atoms with Crippen LogP contribution in [-0.4, -0.2) is 42.6 Å². The highest BCUT2D eigenvalue weighted by atomic mass is 79.9. The second-order valence-corrected chi connectivity index (χ2v) is 5.37. The van der Waals surface area contributed by atoms with Crippen LogP contribution in [0.2, 0.25) is 0 Å². The van der Waals surface area contributed by atoms with Crippen molar-refractivity contribution < 1.29 is 14.7 Å². The molecule has 1 atom stereocenters. The van der Waals surface area contributed by atoms with Crippen molar-refractivity contribution in [3.05, 3.63) is 22.7 Å². The Hall–Kier alpha value is -2.03. The van der Waals surface area contributed by atoms with Gasteiger partial charge in [0.15, 0.2) is 0 Å². The van der Waals surface area contributed by atoms with Gasteiger partial charge in [0, 0.05) is 12.4 Å². The van der Waals surface area contributed by atoms with Crippen LogP contribution in [0.25, 0.3) is 5.78 Å². The Kier molecular flexibility index (Phi) is 4.84. The molecule has 0 bridgehead atoms. The summed E-state index contributed by atoms with van der Waals surface area (Å²) in [6.07, 6.45) is 5.08. The Morgan fingerprint density at radius 2 is 2.29 bits per heavy atom. The number of aromatic nitrogens is 4. The molecule has 0 spiro atoms. The van der Waals surface area contributed by atoms with Crippen LogP contribution in [0.15, 0.2) is 16.9 Å². The van der Waals surface area contributed by atoms with Gasteiger partial charge in [-0.1, -0.05) is 19.8 Å². The highest BCUT2D eigenvalue weighted by Crippen LogP contribution is 2.08. The van der Waals surface area contributed by atoms with Crippen LogP contribution in [0.1, 0.15) is 36.8 Å². The first kappa shape index (κ1) is 15.4. The lowest BCUT2D eigenvalue weighted by molar-refractivity contribution is -0.139. The van der Waals surface area contributed by atoms with Gasteiger partial charge in [-0.2, -0.15) is 4.98 Å². The van der Waals surface area contributed by atoms with Crippen molar-refractivity contribution in [2.75, 3.05) is 0 Å². The number of amides is 1. The smallest absolute Gasteiger partial charge is 0.326 e. The van der Waals surface area contributed by atoms with Crippen LogP contribution < -0.4 is 5.32 Å². The molecule has 0 saturated carbocycles. The number of aliphatic carboxylic acids is 1. The number of rotatable bonds is 6. The van der Waals surface area contributed by atoms with Gasteiger partial charge in [0.25, 0.3) is 11.7 Å². The monoisotopic (exact) mass is 355 g/mol. The molecular formula is C12H14BrN5O3. The summed E-state index contributed by atoms with van der Waals surface area (Å²) in [5.74, 6) is -1.53. The minimum absolute atomic E-state index is 0.108. The lowest BCUT2D eigenvalue weighted by Gasteiger charge is -2.12. The number of fused-ring (bicyclic) bond motifs is 1. The molecule has 0 aliphatic heterocycles. The number of halogens is 1. The zero-order valence-corrected chi connectivity index (χ0v) is 12.9. The molecule has 0 unspecified atom stereocenters. The fourth-order valence-electron chi connectivity index (χ4n) is 1.74. The summed E-state index contributed by atoms with van der Waals surface area (Å²) in [7, 11) is 0. The Morgan fingerprint density at radius 3 is 2.95 bits per heavy atom. The molecule has 2 N–H and O–H groups in total. The van der Waals surface area contributed by atoms with E-state index in [4.69, 9.17) is 5.11 Å². The van der Waals surface area contributed by atoms with Gasteiger partial charge < -0.3 is 10.4 Å². The van der Waals surface area contributed by atoms with Gasteiger partial charge in [-0.25, -0.2) is 14.3 Å². The largest absolute Gasteiger partial charge is 0.480 e. The molecule has 0 fully saturated rings. The number of unbranched alkanes of at least 4 members (excludes halogenated alkanes) is 1. The third-order valence-corrected chi connectivity index (χ3v) is 3.22. The third-order valence-electron chi connectivity index (χ3n) is 2.82. The Morgan fingerprint density at radius 1 is 1.52 bits per heavy atom. The zero-order valence-electron chi connectivity index (χ0n) is 11.3. The fourth-order valence-corrected chi connectivity index (χ4v) is 2.04. The topological polar surface area (TPSA) is 109 Å². The molecule has 2 heterocycles. The summed E-state index contributed by atoms with van der Waals surface area (Å²) in [5.41, 5.74) is 0. The number of carbonyl (C=O) groups is 2. The molecule has 0 saturated heterocycles. The van der Waals surface area contributed by atoms with Crippen molar-refractivity contribution in [3.63, 3.8) is 0 Å². The maximum atomic E-state index is 12.0. The van der Waals surface area contributed by atoms with Crippen molar-refractivity contribution >= 4 is 33.6 Å². The predicted octanol–water partition coefficient (Wildman–Crippen LogP) is 1.26. The number of carbonyl (C=O) groups excluding carboxylic acids is 1. The molecular weight excluding hydrogens is 342 g/mol. The first-order chi connectivity index (χ1) is 10.0. The van der Waals surface area contributed by atoms with Crippen molar-refractivity contribution in [1.29, 1.82) is 0 Å². The van der Waals surface area contributed by atoms with E-state index < -0.39 is 17.9 Å². The van der Waals surface area contributed by atoms with Gasteiger partial charge in [0.2, 0.25) is 5.82 Å². The van der Waals surface area contributed by atoms with E-state index in [9.17, 15) is 9.59 Å². The maximum Gasteiger partial charge on any atom is 0.326 e. The molecule has 0 aromatic carbocycles. The standard InChI is InChI=1S/C12H14BrN5O3/c1-2-3-4-8(11(20)21)15-10(19)9-16-12-14-5-7(13)6-18(12)17-9/h5-6,8H,2-4H2,1H3,(H,15,19)(H,20,21)/t8-/m0/s1. The number of hydrogen-bond acceptors (Lipinski definition) is 5. The summed E-state index contributed by atoms with van der Waals surface area (Å²) in [4.78, 5) is 31.1. The van der Waals surface area contributed by atoms with Crippen LogP contribution in [-0.2, 0) is 4.79 Å². The van der Waals surface area contributed by atoms with Crippen molar-refractivity contribution in [1.82, 2.24) is 24.9 Å². The van der Waals surface area contributed by atoms with Crippen LogP contribution in [0.5, 0.6) is 0 Å². The average molecular weight is 356 g/mol. The van der Waals surface area contributed by atoms with Crippen LogP contribution in [0, 0.1) is 0 Å². The van der Waals surface area contributed by atoms with E-state index in [1.807, 2.05) is 6.92 Å². The molecule has 0 aliphatic carbocycles. The van der Waals surface area contributed by atoms with E-state index in [1.165, 1.54) is 10.7 Å². The molecule has 2 rings (SSSR count). The van der Waals surface area contributed by atoms with Crippen LogP contribution in [0.3, 0.4) is 0 Å². The van der Waals surface area contributed by atoms with Crippen LogP contribution in [0.4, 0.5) is 0 Å². The van der Waals surface area contributed by atoms with E-state index >= 15 is 0 Å². The minimum atomic E-state index is -1.07. The highest BCUT2D eigenvalue weighted by molar-refractivity contribution is 9.10. The molecule has 9 heteroatoms. The third kappa shape index (κ3) is 3.75. The number of nitrogens with zero attached hydrogens (tertiary/aromatic N) is 4. The Balaban J connectivity index is 2.15. The predicted molar refractivity (Wildman–Crippen MR) is 76.9 cm³/mol. The fraction of sp³-hybridized carbons (Fsp3) is 0.417. The zero-order chi connectivity index (χ0) is 15.4. The average Bonchev–Trinajstić information content (AvgIpc) is 2.85. The lowest BCUT2D eigenvalue weighted by Crippen LogP contribution is -2.41. The summed E-state index contributed by atoms with van der Waals surface area (Å²) >= 11 is 3.24. The van der Waals surface area contributed by atoms with E-state index in [0.29, 0.717) is 17.3 Å². The molecule has 112 valence electrons. The first-order valence-electron chi connectivity index (χ1n) is 6.43. The van der Waals surface area contributed by atoms with Crippen molar-refractivity contribution in [2.24, 2.45) is 0 Å². The van der Waals surface area contributed by atoms with Crippen LogP contribution >= 0.6 is 15.9 Å². The van der Waals surface area contributed by atoms with Gasteiger partial charge in [-0.3, -0.25) is 4.79 Å². The molecule has 0 radical (unpaired) electrons. The highest BCUT2D eigenvalue weighted by Gasteiger charge is 2.22. The second-order valence-electron chi connectivity index (χ2n) is 4.46. The number of nitrogens with one attached hydrogen (secondary N) is 1. The summed E-state index contributed by atoms with van der Waals surface area (Å²) in [6, 6.07) is -0.941. The number of carboxylic acid groups (broad SMARTS) is 1. The van der Waals surface area contributed by atoms with Gasteiger partial charge in [0.1, 0.15) is 6.04 Å². The molecule has 21 heavy (non-hydrogen) atoms. The molecule has 2 aromatic rings. The summed E-state index contributed by atoms with van der Waals surface area (Å²) in [6.45, 7) is 1.95. The lowest BCUT2D eigenvalue weighted by atomic mass is 10.1. The number of carboxylic acids is 1. The molecule has 0 aliphatic rings. The second kappa shape index (κ2) is 6.61. The molecule has 8 nitrogen and oxygen atoms in total. The van der Waals surface area contributed by atoms with E-state index in [0.717, 1.165) is 6.42 Å². The summed E-state index contributed by atoms with van der Waals surface area (Å²) in [5, 5.41) is 15.5.